The van der Waals surface area contributed by atoms with Crippen molar-refractivity contribution in [1.82, 2.24) is 4.31 Å². The van der Waals surface area contributed by atoms with Crippen molar-refractivity contribution in [3.63, 3.8) is 0 Å². The second-order valence-corrected chi connectivity index (χ2v) is 7.47. The predicted octanol–water partition coefficient (Wildman–Crippen LogP) is 2.20. The van der Waals surface area contributed by atoms with Gasteiger partial charge in [0.2, 0.25) is 10.0 Å². The van der Waals surface area contributed by atoms with Crippen LogP contribution in [0.1, 0.15) is 36.8 Å². The quantitative estimate of drug-likeness (QED) is 0.875. The van der Waals surface area contributed by atoms with E-state index in [2.05, 4.69) is 0 Å². The van der Waals surface area contributed by atoms with Gasteiger partial charge in [-0.15, -0.1) is 0 Å². The van der Waals surface area contributed by atoms with E-state index in [1.165, 1.54) is 0 Å². The number of hydrogen-bond acceptors (Lipinski definition) is 3. The monoisotopic (exact) mass is 296 g/mol. The van der Waals surface area contributed by atoms with Crippen molar-refractivity contribution < 1.29 is 8.42 Å². The summed E-state index contributed by atoms with van der Waals surface area (Å²) in [5.41, 5.74) is 7.45. The van der Waals surface area contributed by atoms with E-state index in [1.807, 2.05) is 26.0 Å². The van der Waals surface area contributed by atoms with Crippen molar-refractivity contribution in [2.45, 2.75) is 50.5 Å². The molecule has 0 amide bonds. The minimum absolute atomic E-state index is 0.159. The Labute approximate surface area is 122 Å². The van der Waals surface area contributed by atoms with Crippen LogP contribution in [0.4, 0.5) is 0 Å². The van der Waals surface area contributed by atoms with Crippen LogP contribution in [0.3, 0.4) is 0 Å². The van der Waals surface area contributed by atoms with Crippen molar-refractivity contribution in [3.8, 4) is 0 Å². The maximum absolute atomic E-state index is 12.9. The summed E-state index contributed by atoms with van der Waals surface area (Å²) >= 11 is 0. The fourth-order valence-corrected chi connectivity index (χ4v) is 4.57. The molecule has 20 heavy (non-hydrogen) atoms. The van der Waals surface area contributed by atoms with Crippen LogP contribution in [0.15, 0.2) is 23.1 Å². The van der Waals surface area contributed by atoms with E-state index < -0.39 is 10.0 Å². The zero-order chi connectivity index (χ0) is 14.8. The molecule has 1 aliphatic rings. The molecule has 0 bridgehead atoms. The molecule has 1 aromatic rings. The van der Waals surface area contributed by atoms with Gasteiger partial charge in [0, 0.05) is 12.6 Å². The molecular formula is C15H24N2O2S. The van der Waals surface area contributed by atoms with E-state index in [0.717, 1.165) is 30.4 Å². The molecule has 1 fully saturated rings. The first kappa shape index (κ1) is 15.5. The Balaban J connectivity index is 2.33. The third-order valence-electron chi connectivity index (χ3n) is 3.98. The summed E-state index contributed by atoms with van der Waals surface area (Å²) in [7, 11) is -3.40. The fraction of sp³-hybridized carbons (Fsp3) is 0.600. The van der Waals surface area contributed by atoms with Crippen LogP contribution in [-0.4, -0.2) is 31.9 Å². The number of nitrogens with zero attached hydrogens (tertiary/aromatic N) is 1. The topological polar surface area (TPSA) is 63.4 Å². The molecule has 0 heterocycles. The highest BCUT2D eigenvalue weighted by Crippen LogP contribution is 2.31. The van der Waals surface area contributed by atoms with Gasteiger partial charge >= 0.3 is 0 Å². The van der Waals surface area contributed by atoms with Crippen LogP contribution in [0.2, 0.25) is 0 Å². The lowest BCUT2D eigenvalue weighted by Gasteiger charge is -2.36. The number of rotatable bonds is 6. The van der Waals surface area contributed by atoms with E-state index in [1.54, 1.807) is 10.4 Å². The highest BCUT2D eigenvalue weighted by atomic mass is 32.2. The first-order valence-electron chi connectivity index (χ1n) is 7.26. The van der Waals surface area contributed by atoms with E-state index in [9.17, 15) is 8.42 Å². The van der Waals surface area contributed by atoms with Gasteiger partial charge in [0.1, 0.15) is 0 Å². The normalized spacial score (nSPS) is 16.4. The average Bonchev–Trinajstić information content (AvgIpc) is 2.31. The number of benzene rings is 1. The van der Waals surface area contributed by atoms with Crippen LogP contribution in [0.5, 0.6) is 0 Å². The van der Waals surface area contributed by atoms with Crippen LogP contribution in [0.25, 0.3) is 0 Å². The fourth-order valence-electron chi connectivity index (χ4n) is 2.64. The second kappa shape index (κ2) is 6.24. The first-order valence-corrected chi connectivity index (χ1v) is 8.70. The third-order valence-corrected chi connectivity index (χ3v) is 6.09. The lowest BCUT2D eigenvalue weighted by Crippen LogP contribution is -2.45. The Hall–Kier alpha value is -0.910. The summed E-state index contributed by atoms with van der Waals surface area (Å²) in [6, 6.07) is 5.68. The summed E-state index contributed by atoms with van der Waals surface area (Å²) in [5, 5.41) is 0. The van der Waals surface area contributed by atoms with Gasteiger partial charge in [0.15, 0.2) is 0 Å². The molecule has 0 unspecified atom stereocenters. The predicted molar refractivity (Wildman–Crippen MR) is 81.1 cm³/mol. The van der Waals surface area contributed by atoms with Gasteiger partial charge in [0.25, 0.3) is 0 Å². The molecular weight excluding hydrogens is 272 g/mol. The molecule has 0 spiro atoms. The molecule has 2 N–H and O–H groups in total. The van der Waals surface area contributed by atoms with Gasteiger partial charge < -0.3 is 5.73 Å². The van der Waals surface area contributed by atoms with Gasteiger partial charge in [0.05, 0.1) is 4.90 Å². The number of aryl methyl sites for hydroxylation is 2. The lowest BCUT2D eigenvalue weighted by atomic mass is 9.93. The summed E-state index contributed by atoms with van der Waals surface area (Å²) in [6.45, 7) is 4.88. The SMILES string of the molecule is Cc1ccc(S(=O)(=O)N(CCCN)C2CCC2)c(C)c1. The Bertz CT molecular complexity index is 565. The molecule has 0 atom stereocenters. The zero-order valence-corrected chi connectivity index (χ0v) is 13.1. The van der Waals surface area contributed by atoms with E-state index in [-0.39, 0.29) is 6.04 Å². The molecule has 0 aliphatic heterocycles. The maximum atomic E-state index is 12.9. The molecule has 4 nitrogen and oxygen atoms in total. The Morgan fingerprint density at radius 3 is 2.50 bits per heavy atom. The van der Waals surface area contributed by atoms with Gasteiger partial charge in [-0.25, -0.2) is 8.42 Å². The number of hydrogen-bond donors (Lipinski definition) is 1. The minimum Gasteiger partial charge on any atom is -0.330 e. The Morgan fingerprint density at radius 1 is 1.30 bits per heavy atom. The van der Waals surface area contributed by atoms with Crippen LogP contribution in [-0.2, 0) is 10.0 Å². The molecule has 1 aromatic carbocycles. The second-order valence-electron chi connectivity index (χ2n) is 5.61. The van der Waals surface area contributed by atoms with E-state index >= 15 is 0 Å². The Morgan fingerprint density at radius 2 is 2.00 bits per heavy atom. The zero-order valence-electron chi connectivity index (χ0n) is 12.3. The van der Waals surface area contributed by atoms with Crippen molar-refractivity contribution in [2.24, 2.45) is 5.73 Å². The molecule has 0 radical (unpaired) electrons. The molecule has 112 valence electrons. The molecule has 0 aromatic heterocycles. The highest BCUT2D eigenvalue weighted by molar-refractivity contribution is 7.89. The standard InChI is InChI=1S/C15H24N2O2S/c1-12-7-8-15(13(2)11-12)20(18,19)17(10-4-9-16)14-5-3-6-14/h7-8,11,14H,3-6,9-10,16H2,1-2H3. The van der Waals surface area contributed by atoms with Crippen molar-refractivity contribution >= 4 is 10.0 Å². The van der Waals surface area contributed by atoms with Crippen LogP contribution < -0.4 is 5.73 Å². The van der Waals surface area contributed by atoms with Gasteiger partial charge in [-0.1, -0.05) is 24.1 Å². The van der Waals surface area contributed by atoms with Gasteiger partial charge in [-0.2, -0.15) is 4.31 Å². The van der Waals surface area contributed by atoms with E-state index in [4.69, 9.17) is 5.73 Å². The summed E-state index contributed by atoms with van der Waals surface area (Å²) in [6.07, 6.45) is 3.76. The summed E-state index contributed by atoms with van der Waals surface area (Å²) in [5.74, 6) is 0. The number of nitrogens with two attached hydrogens (primary N) is 1. The minimum atomic E-state index is -3.40. The third kappa shape index (κ3) is 3.05. The van der Waals surface area contributed by atoms with Crippen molar-refractivity contribution in [1.29, 1.82) is 0 Å². The van der Waals surface area contributed by atoms with Gasteiger partial charge in [-0.3, -0.25) is 0 Å². The summed E-state index contributed by atoms with van der Waals surface area (Å²) in [4.78, 5) is 0.437. The first-order chi connectivity index (χ1) is 9.46. The highest BCUT2D eigenvalue weighted by Gasteiger charge is 2.34. The van der Waals surface area contributed by atoms with Crippen LogP contribution >= 0.6 is 0 Å². The summed E-state index contributed by atoms with van der Waals surface area (Å²) < 4.78 is 27.4. The average molecular weight is 296 g/mol. The van der Waals surface area contributed by atoms with E-state index in [0.29, 0.717) is 24.4 Å². The molecule has 1 saturated carbocycles. The van der Waals surface area contributed by atoms with Gasteiger partial charge in [-0.05, 0) is 51.3 Å². The van der Waals surface area contributed by atoms with Crippen LogP contribution in [0, 0.1) is 13.8 Å². The van der Waals surface area contributed by atoms with Crippen molar-refractivity contribution in [3.05, 3.63) is 29.3 Å². The number of sulfonamides is 1. The molecule has 5 heteroatoms. The molecule has 0 saturated heterocycles. The molecule has 2 rings (SSSR count). The van der Waals surface area contributed by atoms with Crippen molar-refractivity contribution in [2.75, 3.05) is 13.1 Å². The molecule has 1 aliphatic carbocycles. The smallest absolute Gasteiger partial charge is 0.243 e. The largest absolute Gasteiger partial charge is 0.330 e. The lowest BCUT2D eigenvalue weighted by molar-refractivity contribution is 0.218. The Kier molecular flexibility index (Phi) is 4.83. The maximum Gasteiger partial charge on any atom is 0.243 e.